The van der Waals surface area contributed by atoms with Crippen LogP contribution in [0.3, 0.4) is 0 Å². The van der Waals surface area contributed by atoms with Crippen molar-refractivity contribution in [2.75, 3.05) is 25.1 Å². The Bertz CT molecular complexity index is 479. The first kappa shape index (κ1) is 14.1. The Hall–Kier alpha value is -1.35. The molecule has 1 fully saturated rings. The Morgan fingerprint density at radius 1 is 1.32 bits per heavy atom. The Morgan fingerprint density at radius 3 is 2.63 bits per heavy atom. The van der Waals surface area contributed by atoms with Gasteiger partial charge in [-0.05, 0) is 37.8 Å². The molecule has 1 heterocycles. The summed E-state index contributed by atoms with van der Waals surface area (Å²) in [6.07, 6.45) is 5.24. The average molecular weight is 282 g/mol. The second kappa shape index (κ2) is 6.20. The summed E-state index contributed by atoms with van der Waals surface area (Å²) in [5.74, 6) is 0.246. The molecule has 1 aromatic carbocycles. The lowest BCUT2D eigenvalue weighted by molar-refractivity contribution is 0.339. The van der Waals surface area contributed by atoms with Crippen LogP contribution < -0.4 is 4.90 Å². The molecular formula is C15H20ClNO2. The molecule has 0 aromatic heterocycles. The summed E-state index contributed by atoms with van der Waals surface area (Å²) in [6.45, 7) is 3.90. The minimum atomic E-state index is 0.246. The number of halogens is 1. The van der Waals surface area contributed by atoms with E-state index in [9.17, 15) is 5.11 Å². The second-order valence-corrected chi connectivity index (χ2v) is 5.31. The van der Waals surface area contributed by atoms with Crippen LogP contribution in [-0.2, 0) is 4.74 Å². The Kier molecular flexibility index (Phi) is 4.59. The molecule has 1 N–H and O–H groups in total. The number of piperidine rings is 1. The van der Waals surface area contributed by atoms with Crippen LogP contribution in [0.4, 0.5) is 5.69 Å². The zero-order chi connectivity index (χ0) is 13.8. The Morgan fingerprint density at radius 2 is 2.00 bits per heavy atom. The molecule has 1 aliphatic rings. The number of nitrogens with zero attached hydrogens (tertiary/aromatic N) is 1. The van der Waals surface area contributed by atoms with E-state index in [2.05, 4.69) is 4.90 Å². The number of phenolic OH excluding ortho intramolecular Hbond substituents is 1. The number of methoxy groups -OCH3 is 1. The van der Waals surface area contributed by atoms with Crippen molar-refractivity contribution >= 4 is 22.9 Å². The third-order valence-corrected chi connectivity index (χ3v) is 3.78. The number of hydrogen-bond donors (Lipinski definition) is 1. The summed E-state index contributed by atoms with van der Waals surface area (Å²) in [5, 5.41) is 10.8. The molecule has 4 heteroatoms. The maximum Gasteiger partial charge on any atom is 0.125 e. The maximum atomic E-state index is 10.2. The average Bonchev–Trinajstić information content (AvgIpc) is 2.42. The first-order chi connectivity index (χ1) is 9.13. The van der Waals surface area contributed by atoms with E-state index in [-0.39, 0.29) is 5.75 Å². The van der Waals surface area contributed by atoms with Crippen molar-refractivity contribution in [2.24, 2.45) is 0 Å². The van der Waals surface area contributed by atoms with E-state index in [4.69, 9.17) is 16.3 Å². The van der Waals surface area contributed by atoms with Crippen LogP contribution in [0.15, 0.2) is 18.4 Å². The fourth-order valence-electron chi connectivity index (χ4n) is 2.48. The van der Waals surface area contributed by atoms with Gasteiger partial charge in [0.25, 0.3) is 0 Å². The van der Waals surface area contributed by atoms with Crippen LogP contribution in [-0.4, -0.2) is 25.3 Å². The number of anilines is 1. The molecular weight excluding hydrogens is 262 g/mol. The van der Waals surface area contributed by atoms with Crippen molar-refractivity contribution < 1.29 is 9.84 Å². The van der Waals surface area contributed by atoms with Gasteiger partial charge in [-0.3, -0.25) is 0 Å². The predicted molar refractivity (Wildman–Crippen MR) is 79.8 cm³/mol. The highest BCUT2D eigenvalue weighted by Gasteiger charge is 2.17. The Labute approximate surface area is 119 Å². The molecule has 3 nitrogen and oxygen atoms in total. The van der Waals surface area contributed by atoms with Gasteiger partial charge in [0.05, 0.1) is 24.1 Å². The van der Waals surface area contributed by atoms with Gasteiger partial charge in [0.15, 0.2) is 0 Å². The monoisotopic (exact) mass is 281 g/mol. The SMILES string of the molecule is CO/C=C(\C)c1cc(Cl)c(N2CCCCC2)cc1O. The standard InChI is InChI=1S/C15H20ClNO2/c1-11(10-19-2)12-8-13(16)14(9-15(12)18)17-6-4-3-5-7-17/h8-10,18H,3-7H2,1-2H3/b11-10+. The molecule has 1 aromatic rings. The van der Waals surface area contributed by atoms with Gasteiger partial charge < -0.3 is 14.7 Å². The highest BCUT2D eigenvalue weighted by molar-refractivity contribution is 6.33. The highest BCUT2D eigenvalue weighted by atomic mass is 35.5. The van der Waals surface area contributed by atoms with Crippen LogP contribution in [0.2, 0.25) is 5.02 Å². The maximum absolute atomic E-state index is 10.2. The molecule has 0 amide bonds. The first-order valence-corrected chi connectivity index (χ1v) is 6.98. The largest absolute Gasteiger partial charge is 0.507 e. The third kappa shape index (κ3) is 3.16. The van der Waals surface area contributed by atoms with Crippen molar-refractivity contribution in [3.8, 4) is 5.75 Å². The van der Waals surface area contributed by atoms with Crippen molar-refractivity contribution in [1.82, 2.24) is 0 Å². The fourth-order valence-corrected chi connectivity index (χ4v) is 2.77. The number of ether oxygens (including phenoxy) is 1. The van der Waals surface area contributed by atoms with Gasteiger partial charge in [-0.2, -0.15) is 0 Å². The molecule has 0 spiro atoms. The molecule has 0 saturated carbocycles. The van der Waals surface area contributed by atoms with E-state index in [0.717, 1.165) is 24.4 Å². The summed E-state index contributed by atoms with van der Waals surface area (Å²) in [7, 11) is 1.59. The topological polar surface area (TPSA) is 32.7 Å². The number of hydrogen-bond acceptors (Lipinski definition) is 3. The van der Waals surface area contributed by atoms with Gasteiger partial charge in [-0.15, -0.1) is 0 Å². The van der Waals surface area contributed by atoms with Crippen LogP contribution in [0, 0.1) is 0 Å². The van der Waals surface area contributed by atoms with Gasteiger partial charge in [-0.1, -0.05) is 11.6 Å². The molecule has 0 atom stereocenters. The normalized spacial score (nSPS) is 16.6. The zero-order valence-electron chi connectivity index (χ0n) is 11.4. The van der Waals surface area contributed by atoms with Crippen LogP contribution in [0.5, 0.6) is 5.75 Å². The number of allylic oxidation sites excluding steroid dienone is 1. The lowest BCUT2D eigenvalue weighted by atomic mass is 10.0. The van der Waals surface area contributed by atoms with Crippen molar-refractivity contribution in [2.45, 2.75) is 26.2 Å². The lowest BCUT2D eigenvalue weighted by Gasteiger charge is -2.30. The van der Waals surface area contributed by atoms with Crippen LogP contribution in [0.25, 0.3) is 5.57 Å². The van der Waals surface area contributed by atoms with Crippen molar-refractivity contribution in [1.29, 1.82) is 0 Å². The molecule has 0 bridgehead atoms. The third-order valence-electron chi connectivity index (χ3n) is 3.48. The van der Waals surface area contributed by atoms with Gasteiger partial charge >= 0.3 is 0 Å². The van der Waals surface area contributed by atoms with E-state index in [1.165, 1.54) is 19.3 Å². The number of phenols is 1. The summed E-state index contributed by atoms with van der Waals surface area (Å²) in [6, 6.07) is 3.57. The van der Waals surface area contributed by atoms with E-state index in [0.29, 0.717) is 10.6 Å². The van der Waals surface area contributed by atoms with E-state index in [1.807, 2.05) is 13.0 Å². The lowest BCUT2D eigenvalue weighted by Crippen LogP contribution is -2.29. The summed E-state index contributed by atoms with van der Waals surface area (Å²) >= 11 is 6.36. The molecule has 0 unspecified atom stereocenters. The fraction of sp³-hybridized carbons (Fsp3) is 0.467. The first-order valence-electron chi connectivity index (χ1n) is 6.61. The van der Waals surface area contributed by atoms with E-state index in [1.54, 1.807) is 19.4 Å². The smallest absolute Gasteiger partial charge is 0.125 e. The van der Waals surface area contributed by atoms with Gasteiger partial charge in [0.2, 0.25) is 0 Å². The molecule has 19 heavy (non-hydrogen) atoms. The van der Waals surface area contributed by atoms with Crippen LogP contribution >= 0.6 is 11.6 Å². The van der Waals surface area contributed by atoms with Gasteiger partial charge in [0, 0.05) is 24.7 Å². The van der Waals surface area contributed by atoms with E-state index < -0.39 is 0 Å². The van der Waals surface area contributed by atoms with Gasteiger partial charge in [-0.25, -0.2) is 0 Å². The summed E-state index contributed by atoms with van der Waals surface area (Å²) in [5.41, 5.74) is 2.49. The quantitative estimate of drug-likeness (QED) is 0.849. The number of aromatic hydroxyl groups is 1. The molecule has 1 saturated heterocycles. The van der Waals surface area contributed by atoms with Gasteiger partial charge in [0.1, 0.15) is 5.75 Å². The number of rotatable bonds is 3. The van der Waals surface area contributed by atoms with E-state index >= 15 is 0 Å². The molecule has 104 valence electrons. The summed E-state index contributed by atoms with van der Waals surface area (Å²) in [4.78, 5) is 2.24. The molecule has 0 aliphatic carbocycles. The van der Waals surface area contributed by atoms with Crippen molar-refractivity contribution in [3.05, 3.63) is 29.0 Å². The minimum absolute atomic E-state index is 0.246. The number of benzene rings is 1. The summed E-state index contributed by atoms with van der Waals surface area (Å²) < 4.78 is 4.97. The Balaban J connectivity index is 2.33. The molecule has 2 rings (SSSR count). The molecule has 1 aliphatic heterocycles. The second-order valence-electron chi connectivity index (χ2n) is 4.91. The predicted octanol–water partition coefficient (Wildman–Crippen LogP) is 4.04. The van der Waals surface area contributed by atoms with Crippen molar-refractivity contribution in [3.63, 3.8) is 0 Å². The molecule has 0 radical (unpaired) electrons. The highest BCUT2D eigenvalue weighted by Crippen LogP contribution is 2.37. The minimum Gasteiger partial charge on any atom is -0.507 e. The van der Waals surface area contributed by atoms with Crippen LogP contribution in [0.1, 0.15) is 31.7 Å². The zero-order valence-corrected chi connectivity index (χ0v) is 12.2.